The number of ether oxygens (including phenoxy) is 1. The fourth-order valence-electron chi connectivity index (χ4n) is 3.10. The highest BCUT2D eigenvalue weighted by molar-refractivity contribution is 9.10. The third kappa shape index (κ3) is 2.57. The topological polar surface area (TPSA) is 76.5 Å². The van der Waals surface area contributed by atoms with Crippen molar-refractivity contribution in [3.05, 3.63) is 21.0 Å². The molecule has 7 nitrogen and oxygen atoms in total. The Hall–Kier alpha value is -1.41. The first kappa shape index (κ1) is 14.5. The van der Waals surface area contributed by atoms with Gasteiger partial charge in [0.25, 0.3) is 5.56 Å². The fraction of sp³-hybridized carbons (Fsp3) is 0.615. The first-order valence-corrected chi connectivity index (χ1v) is 7.71. The van der Waals surface area contributed by atoms with Gasteiger partial charge in [0.2, 0.25) is 0 Å². The summed E-state index contributed by atoms with van der Waals surface area (Å²) in [6.45, 7) is 2.72. The molecule has 0 saturated carbocycles. The molecular weight excluding hydrogens is 340 g/mol. The second kappa shape index (κ2) is 5.76. The van der Waals surface area contributed by atoms with Gasteiger partial charge in [-0.3, -0.25) is 9.59 Å². The van der Waals surface area contributed by atoms with E-state index in [0.29, 0.717) is 16.4 Å². The summed E-state index contributed by atoms with van der Waals surface area (Å²) in [5.41, 5.74) is 0.490. The first-order valence-electron chi connectivity index (χ1n) is 6.91. The van der Waals surface area contributed by atoms with Crippen LogP contribution in [-0.4, -0.2) is 48.5 Å². The lowest BCUT2D eigenvalue weighted by Gasteiger charge is -2.26. The Morgan fingerprint density at radius 1 is 1.57 bits per heavy atom. The van der Waals surface area contributed by atoms with E-state index in [9.17, 15) is 9.59 Å². The lowest BCUT2D eigenvalue weighted by Crippen LogP contribution is -2.37. The Morgan fingerprint density at radius 3 is 3.14 bits per heavy atom. The zero-order valence-electron chi connectivity index (χ0n) is 11.7. The van der Waals surface area contributed by atoms with Crippen molar-refractivity contribution in [3.8, 4) is 0 Å². The number of methoxy groups -OCH3 is 1. The number of rotatable bonds is 3. The lowest BCUT2D eigenvalue weighted by atomic mass is 10.1. The molecule has 0 radical (unpaired) electrons. The van der Waals surface area contributed by atoms with E-state index in [4.69, 9.17) is 0 Å². The van der Waals surface area contributed by atoms with E-state index >= 15 is 0 Å². The van der Waals surface area contributed by atoms with Gasteiger partial charge in [-0.2, -0.15) is 5.10 Å². The molecule has 2 saturated heterocycles. The van der Waals surface area contributed by atoms with Crippen molar-refractivity contribution in [2.45, 2.75) is 19.0 Å². The van der Waals surface area contributed by atoms with E-state index in [0.717, 1.165) is 36.4 Å². The Morgan fingerprint density at radius 2 is 2.38 bits per heavy atom. The minimum absolute atomic E-state index is 0.179. The Balaban J connectivity index is 1.89. The molecule has 2 aliphatic heterocycles. The molecule has 0 bridgehead atoms. The van der Waals surface area contributed by atoms with Crippen molar-refractivity contribution < 1.29 is 9.53 Å². The van der Waals surface area contributed by atoms with Crippen LogP contribution in [0, 0.1) is 5.92 Å². The third-order valence-electron chi connectivity index (χ3n) is 4.23. The second-order valence-electron chi connectivity index (χ2n) is 5.35. The number of esters is 1. The van der Waals surface area contributed by atoms with E-state index in [1.807, 2.05) is 0 Å². The summed E-state index contributed by atoms with van der Waals surface area (Å²) < 4.78 is 6.13. The molecule has 2 aliphatic rings. The molecule has 2 atom stereocenters. The molecule has 3 heterocycles. The van der Waals surface area contributed by atoms with E-state index in [-0.39, 0.29) is 12.1 Å². The molecule has 0 amide bonds. The van der Waals surface area contributed by atoms with Crippen LogP contribution in [0.4, 0.5) is 5.69 Å². The van der Waals surface area contributed by atoms with E-state index in [1.54, 1.807) is 6.20 Å². The Kier molecular flexibility index (Phi) is 3.99. The number of hydrogen-bond acceptors (Lipinski definition) is 6. The number of carbonyl (C=O) groups is 1. The molecule has 1 aromatic rings. The van der Waals surface area contributed by atoms with E-state index < -0.39 is 5.97 Å². The summed E-state index contributed by atoms with van der Waals surface area (Å²) in [7, 11) is 1.29. The molecule has 1 aromatic heterocycles. The maximum absolute atomic E-state index is 12.3. The molecule has 2 fully saturated rings. The summed E-state index contributed by atoms with van der Waals surface area (Å²) in [6.07, 6.45) is 2.77. The summed E-state index contributed by atoms with van der Waals surface area (Å²) >= 11 is 3.36. The van der Waals surface area contributed by atoms with Gasteiger partial charge in [0.1, 0.15) is 11.0 Å². The summed E-state index contributed by atoms with van der Waals surface area (Å²) in [4.78, 5) is 25.8. The largest absolute Gasteiger partial charge is 0.468 e. The second-order valence-corrected chi connectivity index (χ2v) is 6.14. The highest BCUT2D eigenvalue weighted by Crippen LogP contribution is 2.34. The smallest absolute Gasteiger partial charge is 0.327 e. The number of nitrogens with one attached hydrogen (secondary N) is 1. The molecule has 3 rings (SSSR count). The Bertz CT molecular complexity index is 618. The number of aromatic nitrogens is 2. The summed E-state index contributed by atoms with van der Waals surface area (Å²) in [5.74, 6) is 0.139. The van der Waals surface area contributed by atoms with Gasteiger partial charge in [0.15, 0.2) is 0 Å². The number of carbonyl (C=O) groups excluding carboxylic acids is 1. The average molecular weight is 357 g/mol. The van der Waals surface area contributed by atoms with Gasteiger partial charge >= 0.3 is 5.97 Å². The molecule has 21 heavy (non-hydrogen) atoms. The number of anilines is 1. The van der Waals surface area contributed by atoms with Crippen molar-refractivity contribution in [3.63, 3.8) is 0 Å². The van der Waals surface area contributed by atoms with Gasteiger partial charge in [-0.25, -0.2) is 4.68 Å². The normalized spacial score (nSPS) is 24.2. The van der Waals surface area contributed by atoms with Crippen LogP contribution in [0.1, 0.15) is 6.42 Å². The van der Waals surface area contributed by atoms with Crippen molar-refractivity contribution in [2.24, 2.45) is 5.92 Å². The molecular formula is C13H17BrN4O3. The van der Waals surface area contributed by atoms with Gasteiger partial charge < -0.3 is 15.0 Å². The SMILES string of the molecule is COC(=O)Cn1ncc(N2CC[C@H]3CNC[C@H]32)c(Br)c1=O. The lowest BCUT2D eigenvalue weighted by molar-refractivity contribution is -0.141. The van der Waals surface area contributed by atoms with Crippen molar-refractivity contribution in [2.75, 3.05) is 31.6 Å². The van der Waals surface area contributed by atoms with Crippen LogP contribution in [0.15, 0.2) is 15.5 Å². The Labute approximate surface area is 130 Å². The van der Waals surface area contributed by atoms with Crippen LogP contribution in [0.5, 0.6) is 0 Å². The van der Waals surface area contributed by atoms with Gasteiger partial charge in [-0.05, 0) is 28.3 Å². The van der Waals surface area contributed by atoms with Gasteiger partial charge in [-0.1, -0.05) is 0 Å². The zero-order valence-corrected chi connectivity index (χ0v) is 13.3. The summed E-state index contributed by atoms with van der Waals surface area (Å²) in [6, 6.07) is 0.416. The first-order chi connectivity index (χ1) is 10.1. The maximum atomic E-state index is 12.3. The summed E-state index contributed by atoms with van der Waals surface area (Å²) in [5, 5.41) is 7.48. The maximum Gasteiger partial charge on any atom is 0.327 e. The highest BCUT2D eigenvalue weighted by atomic mass is 79.9. The molecule has 0 aliphatic carbocycles. The quantitative estimate of drug-likeness (QED) is 0.767. The van der Waals surface area contributed by atoms with Crippen LogP contribution >= 0.6 is 15.9 Å². The van der Waals surface area contributed by atoms with Crippen molar-refractivity contribution in [1.29, 1.82) is 0 Å². The number of nitrogens with zero attached hydrogens (tertiary/aromatic N) is 3. The molecule has 0 unspecified atom stereocenters. The minimum atomic E-state index is -0.495. The molecule has 8 heteroatoms. The average Bonchev–Trinajstić information content (AvgIpc) is 3.07. The molecule has 0 aromatic carbocycles. The number of fused-ring (bicyclic) bond motifs is 1. The standard InChI is InChI=1S/C13H17BrN4O3/c1-21-11(19)7-18-13(20)12(14)10(6-16-18)17-3-2-8-4-15-5-9(8)17/h6,8-9,15H,2-5,7H2,1H3/t8-,9+/m0/s1. The van der Waals surface area contributed by atoms with Gasteiger partial charge in [0.05, 0.1) is 19.0 Å². The van der Waals surface area contributed by atoms with Crippen molar-refractivity contribution >= 4 is 27.6 Å². The van der Waals surface area contributed by atoms with Crippen LogP contribution in [-0.2, 0) is 16.1 Å². The van der Waals surface area contributed by atoms with Crippen LogP contribution in [0.3, 0.4) is 0 Å². The molecule has 114 valence electrons. The number of hydrogen-bond donors (Lipinski definition) is 1. The molecule has 0 spiro atoms. The van der Waals surface area contributed by atoms with E-state index in [2.05, 4.69) is 36.0 Å². The predicted octanol–water partition coefficient (Wildman–Crippen LogP) is -0.0231. The predicted molar refractivity (Wildman–Crippen MR) is 80.3 cm³/mol. The van der Waals surface area contributed by atoms with Crippen LogP contribution in [0.25, 0.3) is 0 Å². The van der Waals surface area contributed by atoms with Crippen LogP contribution in [0.2, 0.25) is 0 Å². The van der Waals surface area contributed by atoms with Gasteiger partial charge in [0, 0.05) is 25.7 Å². The number of halogens is 1. The minimum Gasteiger partial charge on any atom is -0.468 e. The highest BCUT2D eigenvalue weighted by Gasteiger charge is 2.38. The van der Waals surface area contributed by atoms with Crippen molar-refractivity contribution in [1.82, 2.24) is 15.1 Å². The van der Waals surface area contributed by atoms with Crippen LogP contribution < -0.4 is 15.8 Å². The van der Waals surface area contributed by atoms with Gasteiger partial charge in [-0.15, -0.1) is 0 Å². The monoisotopic (exact) mass is 356 g/mol. The fourth-order valence-corrected chi connectivity index (χ4v) is 3.64. The van der Waals surface area contributed by atoms with E-state index in [1.165, 1.54) is 7.11 Å². The molecule has 1 N–H and O–H groups in total. The third-order valence-corrected chi connectivity index (χ3v) is 4.97. The zero-order chi connectivity index (χ0) is 15.0.